The number of carboxylic acid groups (broad SMARTS) is 1. The number of nitrogens with one attached hydrogen (secondary N) is 1. The topological polar surface area (TPSA) is 95.0 Å². The van der Waals surface area contributed by atoms with Gasteiger partial charge >= 0.3 is 5.97 Å². The number of alkyl halides is 1. The Labute approximate surface area is 194 Å². The second kappa shape index (κ2) is 8.81. The number of allylic oxidation sites excluding steroid dienone is 4. The molecule has 0 radical (unpaired) electrons. The first kappa shape index (κ1) is 21.9. The number of H-pyrrole nitrogens is 1. The summed E-state index contributed by atoms with van der Waals surface area (Å²) in [6.07, 6.45) is 4.12. The van der Waals surface area contributed by atoms with Gasteiger partial charge in [-0.2, -0.15) is 5.10 Å². The van der Waals surface area contributed by atoms with Crippen LogP contribution in [0.25, 0.3) is 22.5 Å². The summed E-state index contributed by atoms with van der Waals surface area (Å²) in [6.45, 7) is 0.557. The molecule has 3 aromatic rings. The predicted octanol–water partition coefficient (Wildman–Crippen LogP) is 4.82. The van der Waals surface area contributed by atoms with E-state index in [0.29, 0.717) is 35.9 Å². The first-order valence-corrected chi connectivity index (χ1v) is 11.1. The van der Waals surface area contributed by atoms with Gasteiger partial charge in [0.15, 0.2) is 11.6 Å². The zero-order chi connectivity index (χ0) is 23.7. The van der Waals surface area contributed by atoms with Crippen LogP contribution in [-0.2, 0) is 4.79 Å². The molecule has 5 rings (SSSR count). The number of piperidine rings is 1. The second-order valence-corrected chi connectivity index (χ2v) is 8.53. The summed E-state index contributed by atoms with van der Waals surface area (Å²) in [5.41, 5.74) is 0.817. The SMILES string of the molecule is O=C(O)C1(F)CCN(c2ccc(C3=CC(F)=C(c4nc(-c5ccccc5)n[nH]4)CC3)cn2)CC1. The standard InChI is InChI=1S/C25H23F2N5O2/c26-20-14-17(6-8-19(20)23-29-22(30-31-23)16-4-2-1-3-5-16)18-7-9-21(28-15-18)32-12-10-25(27,11-13-32)24(33)34/h1-5,7,9,14-15H,6,8,10-13H2,(H,33,34)(H,29,30,31). The van der Waals surface area contributed by atoms with Crippen LogP contribution in [0, 0.1) is 0 Å². The number of benzene rings is 1. The van der Waals surface area contributed by atoms with Crippen LogP contribution < -0.4 is 4.90 Å². The molecule has 1 aliphatic heterocycles. The van der Waals surface area contributed by atoms with Crippen molar-refractivity contribution in [3.05, 3.63) is 72.0 Å². The van der Waals surface area contributed by atoms with Gasteiger partial charge in [0, 0.05) is 43.3 Å². The summed E-state index contributed by atoms with van der Waals surface area (Å²) in [5, 5.41) is 16.1. The number of rotatable bonds is 5. The van der Waals surface area contributed by atoms with Crippen LogP contribution in [0.5, 0.6) is 0 Å². The fraction of sp³-hybridized carbons (Fsp3) is 0.280. The number of halogens is 2. The van der Waals surface area contributed by atoms with E-state index in [1.165, 1.54) is 6.08 Å². The fourth-order valence-corrected chi connectivity index (χ4v) is 4.33. The minimum Gasteiger partial charge on any atom is -0.479 e. The van der Waals surface area contributed by atoms with Gasteiger partial charge in [-0.25, -0.2) is 23.5 Å². The zero-order valence-electron chi connectivity index (χ0n) is 18.3. The molecule has 9 heteroatoms. The molecule has 0 atom stereocenters. The molecule has 174 valence electrons. The third-order valence-electron chi connectivity index (χ3n) is 6.42. The van der Waals surface area contributed by atoms with Crippen LogP contribution in [0.1, 0.15) is 37.1 Å². The number of pyridine rings is 1. The van der Waals surface area contributed by atoms with E-state index in [4.69, 9.17) is 5.11 Å². The maximum atomic E-state index is 15.0. The minimum absolute atomic E-state index is 0.0800. The van der Waals surface area contributed by atoms with Gasteiger partial charge in [0.25, 0.3) is 0 Å². The summed E-state index contributed by atoms with van der Waals surface area (Å²) in [5.74, 6) is -0.160. The van der Waals surface area contributed by atoms with Crippen LogP contribution in [0.15, 0.2) is 60.6 Å². The zero-order valence-corrected chi connectivity index (χ0v) is 18.3. The van der Waals surface area contributed by atoms with E-state index >= 15 is 0 Å². The highest BCUT2D eigenvalue weighted by molar-refractivity contribution is 5.79. The van der Waals surface area contributed by atoms with Crippen LogP contribution in [-0.4, -0.2) is 50.0 Å². The van der Waals surface area contributed by atoms with Gasteiger partial charge in [0.1, 0.15) is 11.6 Å². The van der Waals surface area contributed by atoms with Gasteiger partial charge in [-0.15, -0.1) is 0 Å². The molecule has 0 spiro atoms. The first-order valence-electron chi connectivity index (χ1n) is 11.1. The Hall–Kier alpha value is -3.88. The Morgan fingerprint density at radius 2 is 1.82 bits per heavy atom. The number of hydrogen-bond donors (Lipinski definition) is 2. The molecule has 1 saturated heterocycles. The van der Waals surface area contributed by atoms with Gasteiger partial charge < -0.3 is 10.0 Å². The molecular weight excluding hydrogens is 440 g/mol. The molecule has 34 heavy (non-hydrogen) atoms. The number of aromatic nitrogens is 4. The van der Waals surface area contributed by atoms with Gasteiger partial charge in [-0.05, 0) is 42.2 Å². The summed E-state index contributed by atoms with van der Waals surface area (Å²) < 4.78 is 29.3. The maximum Gasteiger partial charge on any atom is 0.341 e. The number of aromatic amines is 1. The van der Waals surface area contributed by atoms with E-state index < -0.39 is 11.6 Å². The molecule has 0 unspecified atom stereocenters. The van der Waals surface area contributed by atoms with Crippen molar-refractivity contribution in [2.45, 2.75) is 31.4 Å². The van der Waals surface area contributed by atoms with Crippen molar-refractivity contribution in [3.63, 3.8) is 0 Å². The molecule has 2 aromatic heterocycles. The molecule has 3 heterocycles. The fourth-order valence-electron chi connectivity index (χ4n) is 4.33. The normalized spacial score (nSPS) is 18.1. The van der Waals surface area contributed by atoms with E-state index in [1.54, 1.807) is 6.20 Å². The van der Waals surface area contributed by atoms with E-state index in [2.05, 4.69) is 20.2 Å². The lowest BCUT2D eigenvalue weighted by Gasteiger charge is -2.34. The summed E-state index contributed by atoms with van der Waals surface area (Å²) >= 11 is 0. The number of hydrogen-bond acceptors (Lipinski definition) is 5. The lowest BCUT2D eigenvalue weighted by molar-refractivity contribution is -0.152. The monoisotopic (exact) mass is 463 g/mol. The van der Waals surface area contributed by atoms with Crippen LogP contribution >= 0.6 is 0 Å². The van der Waals surface area contributed by atoms with Gasteiger partial charge in [-0.3, -0.25) is 5.10 Å². The third kappa shape index (κ3) is 4.21. The van der Waals surface area contributed by atoms with Crippen LogP contribution in [0.3, 0.4) is 0 Å². The molecule has 0 bridgehead atoms. The summed E-state index contributed by atoms with van der Waals surface area (Å²) in [7, 11) is 0. The Kier molecular flexibility index (Phi) is 5.69. The smallest absolute Gasteiger partial charge is 0.341 e. The number of anilines is 1. The number of nitrogens with zero attached hydrogens (tertiary/aromatic N) is 4. The van der Waals surface area contributed by atoms with Crippen molar-refractivity contribution in [1.29, 1.82) is 0 Å². The average Bonchev–Trinajstić information content (AvgIpc) is 3.35. The number of aliphatic carboxylic acids is 1. The Balaban J connectivity index is 1.30. The van der Waals surface area contributed by atoms with Crippen molar-refractivity contribution >= 4 is 22.9 Å². The highest BCUT2D eigenvalue weighted by Crippen LogP contribution is 2.36. The largest absolute Gasteiger partial charge is 0.479 e. The van der Waals surface area contributed by atoms with E-state index in [1.807, 2.05) is 47.4 Å². The lowest BCUT2D eigenvalue weighted by Crippen LogP contribution is -2.46. The molecule has 1 aliphatic carbocycles. The number of carbonyl (C=O) groups is 1. The van der Waals surface area contributed by atoms with Crippen molar-refractivity contribution in [3.8, 4) is 11.4 Å². The molecule has 1 aromatic carbocycles. The minimum atomic E-state index is -2.17. The first-order chi connectivity index (χ1) is 16.4. The van der Waals surface area contributed by atoms with E-state index in [-0.39, 0.29) is 31.8 Å². The van der Waals surface area contributed by atoms with Crippen molar-refractivity contribution < 1.29 is 18.7 Å². The highest BCUT2D eigenvalue weighted by Gasteiger charge is 2.42. The van der Waals surface area contributed by atoms with Gasteiger partial charge in [0.05, 0.1) is 0 Å². The molecule has 0 saturated carbocycles. The quantitative estimate of drug-likeness (QED) is 0.564. The van der Waals surface area contributed by atoms with Crippen molar-refractivity contribution in [1.82, 2.24) is 20.2 Å². The summed E-state index contributed by atoms with van der Waals surface area (Å²) in [6, 6.07) is 13.2. The second-order valence-electron chi connectivity index (χ2n) is 8.53. The molecule has 2 aliphatic rings. The molecule has 7 nitrogen and oxygen atoms in total. The number of carboxylic acids is 1. The highest BCUT2D eigenvalue weighted by atomic mass is 19.1. The molecule has 2 N–H and O–H groups in total. The van der Waals surface area contributed by atoms with Gasteiger partial charge in [0.2, 0.25) is 5.67 Å². The molecule has 0 amide bonds. The third-order valence-corrected chi connectivity index (χ3v) is 6.42. The van der Waals surface area contributed by atoms with E-state index in [0.717, 1.165) is 16.7 Å². The Morgan fingerprint density at radius 3 is 2.47 bits per heavy atom. The Bertz CT molecular complexity index is 1260. The van der Waals surface area contributed by atoms with Crippen LogP contribution in [0.4, 0.5) is 14.6 Å². The molecular formula is C25H23F2N5O2. The average molecular weight is 463 g/mol. The predicted molar refractivity (Wildman–Crippen MR) is 124 cm³/mol. The lowest BCUT2D eigenvalue weighted by atomic mass is 9.92. The maximum absolute atomic E-state index is 15.0. The van der Waals surface area contributed by atoms with Crippen molar-refractivity contribution in [2.24, 2.45) is 0 Å². The molecule has 1 fully saturated rings. The van der Waals surface area contributed by atoms with Crippen molar-refractivity contribution in [2.75, 3.05) is 18.0 Å². The summed E-state index contributed by atoms with van der Waals surface area (Å²) in [4.78, 5) is 21.9. The van der Waals surface area contributed by atoms with Crippen LogP contribution in [0.2, 0.25) is 0 Å². The Morgan fingerprint density at radius 1 is 1.06 bits per heavy atom. The van der Waals surface area contributed by atoms with E-state index in [9.17, 15) is 13.6 Å². The van der Waals surface area contributed by atoms with Gasteiger partial charge in [-0.1, -0.05) is 30.3 Å².